The second-order valence-corrected chi connectivity index (χ2v) is 9.58. The summed E-state index contributed by atoms with van der Waals surface area (Å²) in [7, 11) is 1.76. The Morgan fingerprint density at radius 1 is 1.26 bits per heavy atom. The van der Waals surface area contributed by atoms with E-state index in [0.29, 0.717) is 11.7 Å². The molecule has 4 heteroatoms. The van der Waals surface area contributed by atoms with E-state index in [1.54, 1.807) is 13.2 Å². The molecule has 0 aromatic heterocycles. The molecule has 1 aromatic rings. The normalized spacial score (nSPS) is 34.8. The van der Waals surface area contributed by atoms with Gasteiger partial charge in [-0.3, -0.25) is 4.79 Å². The zero-order chi connectivity index (χ0) is 19.4. The average molecular weight is 372 g/mol. The number of methoxy groups -OCH3 is 1. The van der Waals surface area contributed by atoms with Gasteiger partial charge in [-0.05, 0) is 54.7 Å². The maximum absolute atomic E-state index is 13.5. The van der Waals surface area contributed by atoms with Gasteiger partial charge in [-0.1, -0.05) is 39.3 Å². The van der Waals surface area contributed by atoms with Crippen LogP contribution >= 0.6 is 0 Å². The lowest BCUT2D eigenvalue weighted by molar-refractivity contribution is -0.150. The molecule has 2 unspecified atom stereocenters. The van der Waals surface area contributed by atoms with Gasteiger partial charge in [0.2, 0.25) is 5.91 Å². The van der Waals surface area contributed by atoms with Gasteiger partial charge in [-0.15, -0.1) is 0 Å². The van der Waals surface area contributed by atoms with Crippen molar-refractivity contribution in [3.8, 4) is 5.75 Å². The van der Waals surface area contributed by atoms with Crippen LogP contribution in [0.2, 0.25) is 0 Å². The number of hydrogen-bond acceptors (Lipinski definition) is 3. The van der Waals surface area contributed by atoms with Crippen LogP contribution in [-0.4, -0.2) is 41.7 Å². The van der Waals surface area contributed by atoms with Crippen LogP contribution in [0.4, 0.5) is 0 Å². The Balaban J connectivity index is 1.67. The summed E-state index contributed by atoms with van der Waals surface area (Å²) in [5.74, 6) is 0.760. The van der Waals surface area contributed by atoms with Crippen LogP contribution in [0.15, 0.2) is 18.2 Å². The minimum Gasteiger partial charge on any atom is -0.508 e. The Hall–Kier alpha value is -1.55. The van der Waals surface area contributed by atoms with Gasteiger partial charge in [0.1, 0.15) is 5.75 Å². The molecule has 1 saturated heterocycles. The fourth-order valence-electron chi connectivity index (χ4n) is 6.01. The average Bonchev–Trinajstić information content (AvgIpc) is 2.65. The van der Waals surface area contributed by atoms with Crippen LogP contribution < -0.4 is 0 Å². The predicted octanol–water partition coefficient (Wildman–Crippen LogP) is 4.04. The third kappa shape index (κ3) is 2.71. The molecule has 3 aliphatic rings. The van der Waals surface area contributed by atoms with Crippen molar-refractivity contribution in [3.63, 3.8) is 0 Å². The summed E-state index contributed by atoms with van der Waals surface area (Å²) in [5, 5.41) is 10.5. The molecule has 1 saturated carbocycles. The molecule has 2 fully saturated rings. The van der Waals surface area contributed by atoms with Crippen LogP contribution in [-0.2, 0) is 21.4 Å². The predicted molar refractivity (Wildman–Crippen MR) is 106 cm³/mol. The molecule has 4 atom stereocenters. The maximum atomic E-state index is 13.5. The SMILES string of the molecule is COC1CCCC(C(=O)N2CC[C@@]3(C)c4cccc(O)c4C[C@@H]2C3(C)C)C1. The lowest BCUT2D eigenvalue weighted by atomic mass is 9.51. The van der Waals surface area contributed by atoms with Crippen molar-refractivity contribution in [2.24, 2.45) is 11.3 Å². The zero-order valence-corrected chi connectivity index (χ0v) is 17.1. The number of amides is 1. The van der Waals surface area contributed by atoms with Crippen LogP contribution in [0.5, 0.6) is 5.75 Å². The number of fused-ring (bicyclic) bond motifs is 4. The summed E-state index contributed by atoms with van der Waals surface area (Å²) >= 11 is 0. The highest BCUT2D eigenvalue weighted by Gasteiger charge is 2.57. The number of hydrogen-bond donors (Lipinski definition) is 1. The van der Waals surface area contributed by atoms with Gasteiger partial charge in [0, 0.05) is 31.0 Å². The Labute approximate surface area is 162 Å². The first kappa shape index (κ1) is 18.8. The van der Waals surface area contributed by atoms with Gasteiger partial charge in [-0.25, -0.2) is 0 Å². The van der Waals surface area contributed by atoms with E-state index >= 15 is 0 Å². The molecular formula is C23H33NO3. The number of rotatable bonds is 2. The van der Waals surface area contributed by atoms with E-state index in [0.717, 1.165) is 50.6 Å². The van der Waals surface area contributed by atoms with Gasteiger partial charge >= 0.3 is 0 Å². The quantitative estimate of drug-likeness (QED) is 0.854. The summed E-state index contributed by atoms with van der Waals surface area (Å²) in [6.07, 6.45) is 5.86. The number of piperidine rings is 1. The monoisotopic (exact) mass is 371 g/mol. The summed E-state index contributed by atoms with van der Waals surface area (Å²) in [4.78, 5) is 15.7. The minimum absolute atomic E-state index is 0.0254. The second-order valence-electron chi connectivity index (χ2n) is 9.58. The molecule has 1 aliphatic heterocycles. The fourth-order valence-corrected chi connectivity index (χ4v) is 6.01. The number of likely N-dealkylation sites (tertiary alicyclic amines) is 1. The summed E-state index contributed by atoms with van der Waals surface area (Å²) < 4.78 is 5.56. The Bertz CT molecular complexity index is 743. The summed E-state index contributed by atoms with van der Waals surface area (Å²) in [6.45, 7) is 7.75. The van der Waals surface area contributed by atoms with E-state index in [2.05, 4.69) is 31.7 Å². The number of carbonyl (C=O) groups is 1. The largest absolute Gasteiger partial charge is 0.508 e. The van der Waals surface area contributed by atoms with E-state index < -0.39 is 0 Å². The number of benzene rings is 1. The molecule has 1 amide bonds. The standard InChI is InChI=1S/C23H33NO3/c1-22(2)20-14-17-18(9-6-10-19(17)25)23(22,3)11-12-24(20)21(26)15-7-5-8-16(13-15)27-4/h6,9-10,15-16,20,25H,5,7-8,11-14H2,1-4H3/t15?,16?,20-,23+/m1/s1. The highest BCUT2D eigenvalue weighted by Crippen LogP contribution is 2.57. The molecule has 0 radical (unpaired) electrons. The molecule has 148 valence electrons. The van der Waals surface area contributed by atoms with Gasteiger partial charge in [0.15, 0.2) is 0 Å². The van der Waals surface area contributed by atoms with Gasteiger partial charge in [0.05, 0.1) is 6.10 Å². The molecule has 1 heterocycles. The number of ether oxygens (including phenoxy) is 1. The Morgan fingerprint density at radius 3 is 2.78 bits per heavy atom. The second kappa shape index (κ2) is 6.51. The lowest BCUT2D eigenvalue weighted by Crippen LogP contribution is -2.65. The van der Waals surface area contributed by atoms with Crippen molar-refractivity contribution in [2.75, 3.05) is 13.7 Å². The number of aromatic hydroxyl groups is 1. The van der Waals surface area contributed by atoms with Crippen LogP contribution in [0, 0.1) is 11.3 Å². The van der Waals surface area contributed by atoms with Crippen molar-refractivity contribution in [1.82, 2.24) is 4.90 Å². The number of phenolic OH excluding ortho intramolecular Hbond substituents is 1. The molecule has 1 N–H and O–H groups in total. The first-order chi connectivity index (χ1) is 12.8. The summed E-state index contributed by atoms with van der Waals surface area (Å²) in [6, 6.07) is 6.05. The van der Waals surface area contributed by atoms with E-state index in [-0.39, 0.29) is 28.9 Å². The maximum Gasteiger partial charge on any atom is 0.226 e. The molecule has 27 heavy (non-hydrogen) atoms. The van der Waals surface area contributed by atoms with Crippen LogP contribution in [0.3, 0.4) is 0 Å². The van der Waals surface area contributed by atoms with Gasteiger partial charge in [0.25, 0.3) is 0 Å². The zero-order valence-electron chi connectivity index (χ0n) is 17.1. The molecule has 1 aromatic carbocycles. The van der Waals surface area contributed by atoms with Crippen molar-refractivity contribution in [1.29, 1.82) is 0 Å². The van der Waals surface area contributed by atoms with Crippen molar-refractivity contribution in [2.45, 2.75) is 76.9 Å². The first-order valence-corrected chi connectivity index (χ1v) is 10.4. The van der Waals surface area contributed by atoms with Crippen molar-refractivity contribution >= 4 is 5.91 Å². The Morgan fingerprint density at radius 2 is 2.04 bits per heavy atom. The molecule has 2 bridgehead atoms. The number of nitrogens with zero attached hydrogens (tertiary/aromatic N) is 1. The van der Waals surface area contributed by atoms with E-state index in [1.807, 2.05) is 6.07 Å². The topological polar surface area (TPSA) is 49.8 Å². The highest BCUT2D eigenvalue weighted by atomic mass is 16.5. The van der Waals surface area contributed by atoms with Crippen LogP contribution in [0.25, 0.3) is 0 Å². The van der Waals surface area contributed by atoms with Gasteiger partial charge in [-0.2, -0.15) is 0 Å². The molecule has 4 rings (SSSR count). The van der Waals surface area contributed by atoms with Crippen molar-refractivity contribution < 1.29 is 14.6 Å². The lowest BCUT2D eigenvalue weighted by Gasteiger charge is -2.61. The smallest absolute Gasteiger partial charge is 0.226 e. The van der Waals surface area contributed by atoms with Crippen LogP contribution in [0.1, 0.15) is 64.0 Å². The number of phenols is 1. The highest BCUT2D eigenvalue weighted by molar-refractivity contribution is 5.80. The summed E-state index contributed by atoms with van der Waals surface area (Å²) in [5.41, 5.74) is 2.26. The number of carbonyl (C=O) groups excluding carboxylic acids is 1. The molecular weight excluding hydrogens is 338 g/mol. The minimum atomic E-state index is -0.0307. The third-order valence-corrected chi connectivity index (χ3v) is 8.22. The van der Waals surface area contributed by atoms with Gasteiger partial charge < -0.3 is 14.7 Å². The first-order valence-electron chi connectivity index (χ1n) is 10.4. The third-order valence-electron chi connectivity index (χ3n) is 8.22. The molecule has 2 aliphatic carbocycles. The molecule has 0 spiro atoms. The Kier molecular flexibility index (Phi) is 4.53. The van der Waals surface area contributed by atoms with E-state index in [1.165, 1.54) is 5.56 Å². The molecule has 4 nitrogen and oxygen atoms in total. The van der Waals surface area contributed by atoms with Crippen molar-refractivity contribution in [3.05, 3.63) is 29.3 Å². The van der Waals surface area contributed by atoms with E-state index in [4.69, 9.17) is 4.74 Å². The van der Waals surface area contributed by atoms with E-state index in [9.17, 15) is 9.90 Å². The fraction of sp³-hybridized carbons (Fsp3) is 0.696.